The van der Waals surface area contributed by atoms with Gasteiger partial charge in [-0.05, 0) is 49.8 Å². The number of thioether (sulfide) groups is 1. The minimum Gasteiger partial charge on any atom is -0.497 e. The maximum Gasteiger partial charge on any atom is 0.204 e. The molecule has 2 aromatic rings. The Labute approximate surface area is 138 Å². The number of hydrogen-bond donors (Lipinski definition) is 1. The van der Waals surface area contributed by atoms with Gasteiger partial charge in [0.15, 0.2) is 10.9 Å². The Morgan fingerprint density at radius 1 is 1.30 bits per heavy atom. The number of rotatable bonds is 5. The number of fused-ring (bicyclic) bond motifs is 1. The van der Waals surface area contributed by atoms with E-state index in [1.54, 1.807) is 37.5 Å². The van der Waals surface area contributed by atoms with E-state index in [0.29, 0.717) is 27.9 Å². The highest BCUT2D eigenvalue weighted by molar-refractivity contribution is 8.00. The summed E-state index contributed by atoms with van der Waals surface area (Å²) >= 11 is 1.32. The summed E-state index contributed by atoms with van der Waals surface area (Å²) in [5, 5.41) is 0.277. The number of carbonyl (C=O) groups excluding carboxylic acids is 2. The van der Waals surface area contributed by atoms with E-state index in [-0.39, 0.29) is 16.8 Å². The number of ketones is 2. The molecule has 1 aliphatic rings. The van der Waals surface area contributed by atoms with Gasteiger partial charge in [-0.15, -0.1) is 0 Å². The van der Waals surface area contributed by atoms with Gasteiger partial charge in [0.1, 0.15) is 11.4 Å². The van der Waals surface area contributed by atoms with Gasteiger partial charge in [0.2, 0.25) is 5.78 Å². The molecule has 1 atom stereocenters. The Bertz CT molecular complexity index is 806. The molecule has 5 nitrogen and oxygen atoms in total. The van der Waals surface area contributed by atoms with Crippen molar-refractivity contribution in [3.8, 4) is 5.75 Å². The van der Waals surface area contributed by atoms with Crippen molar-refractivity contribution in [3.05, 3.63) is 47.3 Å². The number of imidazole rings is 1. The van der Waals surface area contributed by atoms with Gasteiger partial charge in [0.05, 0.1) is 18.1 Å². The Morgan fingerprint density at radius 3 is 2.61 bits per heavy atom. The van der Waals surface area contributed by atoms with Crippen LogP contribution in [0.4, 0.5) is 0 Å². The molecule has 118 valence electrons. The molecular formula is C17H16N2O3S. The van der Waals surface area contributed by atoms with Crippen LogP contribution in [0, 0.1) is 0 Å². The van der Waals surface area contributed by atoms with Gasteiger partial charge in [0, 0.05) is 5.56 Å². The first-order valence-electron chi connectivity index (χ1n) is 7.17. The highest BCUT2D eigenvalue weighted by Gasteiger charge is 2.25. The SMILES string of the molecule is COc1ccc(C(=O)[C@H](C)Sc2nc3c([nH]2)C(=O)C=C3C)cc1. The van der Waals surface area contributed by atoms with Crippen LogP contribution < -0.4 is 4.74 Å². The molecule has 1 heterocycles. The zero-order chi connectivity index (χ0) is 16.6. The van der Waals surface area contributed by atoms with E-state index in [0.717, 1.165) is 5.57 Å². The molecule has 0 fully saturated rings. The van der Waals surface area contributed by atoms with Crippen molar-refractivity contribution in [2.75, 3.05) is 7.11 Å². The smallest absolute Gasteiger partial charge is 0.204 e. The molecule has 1 N–H and O–H groups in total. The number of nitrogens with zero attached hydrogens (tertiary/aromatic N) is 1. The van der Waals surface area contributed by atoms with Crippen molar-refractivity contribution in [1.29, 1.82) is 0 Å². The van der Waals surface area contributed by atoms with Crippen LogP contribution in [0.25, 0.3) is 5.57 Å². The van der Waals surface area contributed by atoms with Crippen molar-refractivity contribution in [2.24, 2.45) is 0 Å². The van der Waals surface area contributed by atoms with E-state index in [4.69, 9.17) is 4.74 Å². The fraction of sp³-hybridized carbons (Fsp3) is 0.235. The molecule has 0 saturated carbocycles. The normalized spacial score (nSPS) is 14.4. The highest BCUT2D eigenvalue weighted by Crippen LogP contribution is 2.30. The van der Waals surface area contributed by atoms with E-state index >= 15 is 0 Å². The van der Waals surface area contributed by atoms with Gasteiger partial charge in [-0.3, -0.25) is 9.59 Å². The number of aromatic nitrogens is 2. The Balaban J connectivity index is 1.74. The second kappa shape index (κ2) is 6.04. The third-order valence-corrected chi connectivity index (χ3v) is 4.67. The number of aromatic amines is 1. The number of ether oxygens (including phenoxy) is 1. The lowest BCUT2D eigenvalue weighted by molar-refractivity contribution is 0.0993. The topological polar surface area (TPSA) is 72.0 Å². The number of benzene rings is 1. The minimum absolute atomic E-state index is 0.00723. The molecule has 23 heavy (non-hydrogen) atoms. The van der Waals surface area contributed by atoms with Crippen molar-refractivity contribution >= 4 is 28.9 Å². The van der Waals surface area contributed by atoms with Crippen molar-refractivity contribution in [1.82, 2.24) is 9.97 Å². The lowest BCUT2D eigenvalue weighted by atomic mass is 10.1. The first-order chi connectivity index (χ1) is 11.0. The zero-order valence-electron chi connectivity index (χ0n) is 13.0. The van der Waals surface area contributed by atoms with E-state index in [9.17, 15) is 9.59 Å². The Kier molecular flexibility index (Phi) is 4.09. The fourth-order valence-corrected chi connectivity index (χ4v) is 3.30. The van der Waals surface area contributed by atoms with Crippen LogP contribution in [0.2, 0.25) is 0 Å². The highest BCUT2D eigenvalue weighted by atomic mass is 32.2. The third-order valence-electron chi connectivity index (χ3n) is 3.68. The summed E-state index contributed by atoms with van der Waals surface area (Å²) in [6, 6.07) is 7.02. The maximum atomic E-state index is 12.5. The molecule has 3 rings (SSSR count). The zero-order valence-corrected chi connectivity index (χ0v) is 13.9. The lowest BCUT2D eigenvalue weighted by Gasteiger charge is -2.09. The molecule has 1 aromatic heterocycles. The molecule has 1 aliphatic carbocycles. The average Bonchev–Trinajstić information content (AvgIpc) is 3.08. The second-order valence-electron chi connectivity index (χ2n) is 5.31. The molecule has 0 bridgehead atoms. The third kappa shape index (κ3) is 2.94. The molecule has 0 unspecified atom stereocenters. The van der Waals surface area contributed by atoms with Crippen LogP contribution in [-0.2, 0) is 0 Å². The predicted octanol–water partition coefficient (Wildman–Crippen LogP) is 3.38. The number of allylic oxidation sites excluding steroid dienone is 2. The van der Waals surface area contributed by atoms with E-state index in [1.807, 2.05) is 13.8 Å². The molecule has 0 amide bonds. The van der Waals surface area contributed by atoms with Gasteiger partial charge in [-0.2, -0.15) is 0 Å². The van der Waals surface area contributed by atoms with Crippen molar-refractivity contribution in [2.45, 2.75) is 24.3 Å². The van der Waals surface area contributed by atoms with Crippen LogP contribution >= 0.6 is 11.8 Å². The summed E-state index contributed by atoms with van der Waals surface area (Å²) < 4.78 is 5.09. The van der Waals surface area contributed by atoms with Crippen LogP contribution in [-0.4, -0.2) is 33.9 Å². The molecular weight excluding hydrogens is 312 g/mol. The minimum atomic E-state index is -0.311. The number of H-pyrrole nitrogens is 1. The second-order valence-corrected chi connectivity index (χ2v) is 6.64. The first-order valence-corrected chi connectivity index (χ1v) is 8.05. The molecule has 6 heteroatoms. The van der Waals surface area contributed by atoms with Crippen molar-refractivity contribution < 1.29 is 14.3 Å². The average molecular weight is 328 g/mol. The Hall–Kier alpha value is -2.34. The van der Waals surface area contributed by atoms with Crippen LogP contribution in [0.5, 0.6) is 5.75 Å². The van der Waals surface area contributed by atoms with Crippen LogP contribution in [0.1, 0.15) is 40.4 Å². The number of nitrogens with one attached hydrogen (secondary N) is 1. The number of Topliss-reactive ketones (excluding diaryl/α,β-unsaturated/α-hetero) is 1. The van der Waals surface area contributed by atoms with E-state index in [1.165, 1.54) is 11.8 Å². The van der Waals surface area contributed by atoms with Gasteiger partial charge in [-0.1, -0.05) is 11.8 Å². The molecule has 0 spiro atoms. The first kappa shape index (κ1) is 15.6. The van der Waals surface area contributed by atoms with Crippen LogP contribution in [0.15, 0.2) is 35.5 Å². The fourth-order valence-electron chi connectivity index (χ4n) is 2.42. The monoisotopic (exact) mass is 328 g/mol. The molecule has 0 saturated heterocycles. The van der Waals surface area contributed by atoms with E-state index in [2.05, 4.69) is 9.97 Å². The van der Waals surface area contributed by atoms with Gasteiger partial charge in [0.25, 0.3) is 0 Å². The van der Waals surface area contributed by atoms with Gasteiger partial charge < -0.3 is 9.72 Å². The van der Waals surface area contributed by atoms with Gasteiger partial charge >= 0.3 is 0 Å². The standard InChI is InChI=1S/C17H16N2O3S/c1-9-8-13(20)15-14(9)18-17(19-15)23-10(2)16(21)11-4-6-12(22-3)7-5-11/h4-8,10H,1-3H3,(H,18,19)/t10-/m0/s1. The largest absolute Gasteiger partial charge is 0.497 e. The number of methoxy groups -OCH3 is 1. The Morgan fingerprint density at radius 2 is 2.00 bits per heavy atom. The van der Waals surface area contributed by atoms with E-state index < -0.39 is 0 Å². The van der Waals surface area contributed by atoms with Crippen molar-refractivity contribution in [3.63, 3.8) is 0 Å². The maximum absolute atomic E-state index is 12.5. The summed E-state index contributed by atoms with van der Waals surface area (Å²) in [7, 11) is 1.59. The summed E-state index contributed by atoms with van der Waals surface area (Å²) in [5.41, 5.74) is 2.66. The number of hydrogen-bond acceptors (Lipinski definition) is 5. The summed E-state index contributed by atoms with van der Waals surface area (Å²) in [4.78, 5) is 31.6. The molecule has 0 radical (unpaired) electrons. The summed E-state index contributed by atoms with van der Waals surface area (Å²) in [6.07, 6.45) is 1.56. The molecule has 0 aliphatic heterocycles. The summed E-state index contributed by atoms with van der Waals surface area (Å²) in [5.74, 6) is 0.656. The lowest BCUT2D eigenvalue weighted by Crippen LogP contribution is -2.13. The quantitative estimate of drug-likeness (QED) is 0.673. The molecule has 1 aromatic carbocycles. The van der Waals surface area contributed by atoms with Gasteiger partial charge in [-0.25, -0.2) is 4.98 Å². The summed E-state index contributed by atoms with van der Waals surface area (Å²) in [6.45, 7) is 3.68. The predicted molar refractivity (Wildman–Crippen MR) is 89.2 cm³/mol. The number of carbonyl (C=O) groups is 2. The van der Waals surface area contributed by atoms with Crippen LogP contribution in [0.3, 0.4) is 0 Å².